The Morgan fingerprint density at radius 3 is 2.48 bits per heavy atom. The number of amides is 1. The lowest BCUT2D eigenvalue weighted by Crippen LogP contribution is -2.38. The average molecular weight is 368 g/mol. The molecule has 0 atom stereocenters. The van der Waals surface area contributed by atoms with Crippen molar-refractivity contribution in [2.24, 2.45) is 14.1 Å². The maximum absolute atomic E-state index is 12.6. The second-order valence-corrected chi connectivity index (χ2v) is 6.16. The Kier molecular flexibility index (Phi) is 5.07. The Labute approximate surface area is 155 Å². The van der Waals surface area contributed by atoms with Gasteiger partial charge in [-0.1, -0.05) is 18.2 Å². The standard InChI is InChI=1S/C19H20N4O4/c1-21(11-12-27-13-7-5-4-6-8-13)18(25)15-10-9-14-16(20-15)22(2)19(26)23(3)17(14)24/h4-10H,11-12H2,1-3H3. The molecule has 0 bridgehead atoms. The molecule has 0 radical (unpaired) electrons. The van der Waals surface area contributed by atoms with E-state index in [1.165, 1.54) is 35.7 Å². The predicted octanol–water partition coefficient (Wildman–Crippen LogP) is 0.783. The van der Waals surface area contributed by atoms with E-state index in [0.29, 0.717) is 13.2 Å². The lowest BCUT2D eigenvalue weighted by Gasteiger charge is -2.17. The molecule has 0 saturated carbocycles. The molecule has 2 aromatic heterocycles. The van der Waals surface area contributed by atoms with E-state index < -0.39 is 11.2 Å². The number of carbonyl (C=O) groups is 1. The average Bonchev–Trinajstić information content (AvgIpc) is 2.70. The number of aryl methyl sites for hydroxylation is 1. The predicted molar refractivity (Wildman–Crippen MR) is 101 cm³/mol. The van der Waals surface area contributed by atoms with Crippen molar-refractivity contribution in [2.45, 2.75) is 0 Å². The van der Waals surface area contributed by atoms with Gasteiger partial charge < -0.3 is 9.64 Å². The number of carbonyl (C=O) groups excluding carboxylic acids is 1. The van der Waals surface area contributed by atoms with Gasteiger partial charge in [0.2, 0.25) is 0 Å². The maximum atomic E-state index is 12.6. The number of hydrogen-bond acceptors (Lipinski definition) is 5. The molecular weight excluding hydrogens is 348 g/mol. The summed E-state index contributed by atoms with van der Waals surface area (Å²) in [5, 5.41) is 0.284. The Hall–Kier alpha value is -3.42. The van der Waals surface area contributed by atoms with E-state index in [9.17, 15) is 14.4 Å². The minimum atomic E-state index is -0.491. The van der Waals surface area contributed by atoms with Gasteiger partial charge in [0.25, 0.3) is 11.5 Å². The molecule has 0 saturated heterocycles. The van der Waals surface area contributed by atoms with Gasteiger partial charge >= 0.3 is 5.69 Å². The molecule has 3 rings (SSSR count). The molecule has 3 aromatic rings. The quantitative estimate of drug-likeness (QED) is 0.664. The van der Waals surface area contributed by atoms with Crippen molar-refractivity contribution in [3.05, 3.63) is 69.0 Å². The molecular formula is C19H20N4O4. The monoisotopic (exact) mass is 368 g/mol. The van der Waals surface area contributed by atoms with Crippen LogP contribution < -0.4 is 16.0 Å². The first-order valence-corrected chi connectivity index (χ1v) is 8.40. The Morgan fingerprint density at radius 2 is 1.78 bits per heavy atom. The van der Waals surface area contributed by atoms with Crippen molar-refractivity contribution in [1.29, 1.82) is 0 Å². The topological polar surface area (TPSA) is 86.4 Å². The van der Waals surface area contributed by atoms with Gasteiger partial charge in [-0.05, 0) is 24.3 Å². The van der Waals surface area contributed by atoms with Gasteiger partial charge in [-0.15, -0.1) is 0 Å². The van der Waals surface area contributed by atoms with Crippen LogP contribution in [0.2, 0.25) is 0 Å². The molecule has 0 N–H and O–H groups in total. The number of aromatic nitrogens is 3. The molecule has 2 heterocycles. The first kappa shape index (κ1) is 18.4. The van der Waals surface area contributed by atoms with Gasteiger partial charge in [0.15, 0.2) is 0 Å². The second-order valence-electron chi connectivity index (χ2n) is 6.16. The Balaban J connectivity index is 1.79. The smallest absolute Gasteiger partial charge is 0.332 e. The van der Waals surface area contributed by atoms with E-state index >= 15 is 0 Å². The third-order valence-corrected chi connectivity index (χ3v) is 4.31. The highest BCUT2D eigenvalue weighted by molar-refractivity contribution is 5.94. The second kappa shape index (κ2) is 7.45. The van der Waals surface area contributed by atoms with Crippen LogP contribution in [0, 0.1) is 0 Å². The third-order valence-electron chi connectivity index (χ3n) is 4.31. The van der Waals surface area contributed by atoms with E-state index in [4.69, 9.17) is 4.74 Å². The van der Waals surface area contributed by atoms with Crippen LogP contribution in [0.4, 0.5) is 0 Å². The van der Waals surface area contributed by atoms with Crippen LogP contribution in [0.1, 0.15) is 10.5 Å². The summed E-state index contributed by atoms with van der Waals surface area (Å²) in [4.78, 5) is 42.6. The van der Waals surface area contributed by atoms with Gasteiger partial charge in [-0.2, -0.15) is 0 Å². The largest absolute Gasteiger partial charge is 0.492 e. The summed E-state index contributed by atoms with van der Waals surface area (Å²) in [6.45, 7) is 0.696. The summed E-state index contributed by atoms with van der Waals surface area (Å²) in [5.41, 5.74) is -0.589. The maximum Gasteiger partial charge on any atom is 0.332 e. The highest BCUT2D eigenvalue weighted by Crippen LogP contribution is 2.10. The van der Waals surface area contributed by atoms with Crippen LogP contribution in [-0.4, -0.2) is 45.1 Å². The van der Waals surface area contributed by atoms with Crippen LogP contribution in [0.5, 0.6) is 5.75 Å². The number of ether oxygens (including phenoxy) is 1. The summed E-state index contributed by atoms with van der Waals surface area (Å²) < 4.78 is 7.86. The fourth-order valence-electron chi connectivity index (χ4n) is 2.69. The molecule has 0 aliphatic carbocycles. The molecule has 8 nitrogen and oxygen atoms in total. The zero-order chi connectivity index (χ0) is 19.6. The SMILES string of the molecule is CN(CCOc1ccccc1)C(=O)c1ccc2c(=O)n(C)c(=O)n(C)c2n1. The van der Waals surface area contributed by atoms with Crippen molar-refractivity contribution in [2.75, 3.05) is 20.2 Å². The molecule has 8 heteroatoms. The highest BCUT2D eigenvalue weighted by Gasteiger charge is 2.16. The molecule has 0 unspecified atom stereocenters. The van der Waals surface area contributed by atoms with Crippen LogP contribution in [0.25, 0.3) is 11.0 Å². The van der Waals surface area contributed by atoms with Crippen molar-refractivity contribution in [3.8, 4) is 5.75 Å². The zero-order valence-corrected chi connectivity index (χ0v) is 15.4. The fourth-order valence-corrected chi connectivity index (χ4v) is 2.69. The van der Waals surface area contributed by atoms with E-state index in [1.807, 2.05) is 30.3 Å². The summed E-state index contributed by atoms with van der Waals surface area (Å²) in [5.74, 6) is 0.412. The van der Waals surface area contributed by atoms with E-state index in [-0.39, 0.29) is 22.6 Å². The lowest BCUT2D eigenvalue weighted by molar-refractivity contribution is 0.0768. The van der Waals surface area contributed by atoms with Gasteiger partial charge in [0.1, 0.15) is 23.7 Å². The number of para-hydroxylation sites is 1. The van der Waals surface area contributed by atoms with Crippen LogP contribution in [0.3, 0.4) is 0 Å². The van der Waals surface area contributed by atoms with Gasteiger partial charge in [-0.3, -0.25) is 18.7 Å². The van der Waals surface area contributed by atoms with Gasteiger partial charge in [-0.25, -0.2) is 9.78 Å². The summed E-state index contributed by atoms with van der Waals surface area (Å²) in [6.07, 6.45) is 0. The summed E-state index contributed by atoms with van der Waals surface area (Å²) in [6, 6.07) is 12.3. The van der Waals surface area contributed by atoms with Crippen molar-refractivity contribution < 1.29 is 9.53 Å². The first-order valence-electron chi connectivity index (χ1n) is 8.40. The minimum absolute atomic E-state index is 0.160. The van der Waals surface area contributed by atoms with Crippen molar-refractivity contribution >= 4 is 16.9 Å². The van der Waals surface area contributed by atoms with E-state index in [2.05, 4.69) is 4.98 Å². The third kappa shape index (κ3) is 3.59. The Bertz CT molecular complexity index is 1100. The number of nitrogens with zero attached hydrogens (tertiary/aromatic N) is 4. The molecule has 27 heavy (non-hydrogen) atoms. The highest BCUT2D eigenvalue weighted by atomic mass is 16.5. The molecule has 0 aliphatic heterocycles. The Morgan fingerprint density at radius 1 is 1.07 bits per heavy atom. The molecule has 0 fully saturated rings. The van der Waals surface area contributed by atoms with Crippen LogP contribution in [-0.2, 0) is 14.1 Å². The number of rotatable bonds is 5. The summed E-state index contributed by atoms with van der Waals surface area (Å²) in [7, 11) is 4.57. The van der Waals surface area contributed by atoms with Crippen LogP contribution in [0.15, 0.2) is 52.1 Å². The van der Waals surface area contributed by atoms with Gasteiger partial charge in [0.05, 0.1) is 11.9 Å². The fraction of sp³-hybridized carbons (Fsp3) is 0.263. The first-order chi connectivity index (χ1) is 12.9. The zero-order valence-electron chi connectivity index (χ0n) is 15.4. The minimum Gasteiger partial charge on any atom is -0.492 e. The molecule has 0 aliphatic rings. The van der Waals surface area contributed by atoms with E-state index in [0.717, 1.165) is 10.3 Å². The van der Waals surface area contributed by atoms with E-state index in [1.54, 1.807) is 7.05 Å². The van der Waals surface area contributed by atoms with Crippen molar-refractivity contribution in [3.63, 3.8) is 0 Å². The summed E-state index contributed by atoms with van der Waals surface area (Å²) >= 11 is 0. The number of hydrogen-bond donors (Lipinski definition) is 0. The number of likely N-dealkylation sites (N-methyl/N-ethyl adjacent to an activating group) is 1. The molecule has 1 aromatic carbocycles. The number of fused-ring (bicyclic) bond motifs is 1. The normalized spacial score (nSPS) is 10.8. The van der Waals surface area contributed by atoms with Crippen LogP contribution >= 0.6 is 0 Å². The number of pyridine rings is 1. The number of benzene rings is 1. The van der Waals surface area contributed by atoms with Gasteiger partial charge in [0, 0.05) is 21.1 Å². The molecule has 0 spiro atoms. The lowest BCUT2D eigenvalue weighted by atomic mass is 10.2. The molecule has 1 amide bonds. The molecule has 140 valence electrons. The van der Waals surface area contributed by atoms with Crippen molar-refractivity contribution in [1.82, 2.24) is 19.0 Å².